The molecular weight excluding hydrogens is 901 g/mol. The lowest BCUT2D eigenvalue weighted by atomic mass is 9.82. The summed E-state index contributed by atoms with van der Waals surface area (Å²) in [7, 11) is 0. The van der Waals surface area contributed by atoms with Gasteiger partial charge >= 0.3 is 0 Å². The second kappa shape index (κ2) is 13.8. The maximum atomic E-state index is 14.8. The topological polar surface area (TPSA) is 231 Å². The summed E-state index contributed by atoms with van der Waals surface area (Å²) >= 11 is 0. The van der Waals surface area contributed by atoms with Crippen molar-refractivity contribution in [2.45, 2.75) is 113 Å². The predicted molar refractivity (Wildman–Crippen MR) is 254 cm³/mol. The van der Waals surface area contributed by atoms with Gasteiger partial charge in [-0.2, -0.15) is 0 Å². The normalized spacial score (nSPS) is 24.4. The fraction of sp³-hybridized carbons (Fsp3) is 0.346. The summed E-state index contributed by atoms with van der Waals surface area (Å²) in [6, 6.07) is 4.63. The summed E-state index contributed by atoms with van der Waals surface area (Å²) in [6.07, 6.45) is 4.66. The van der Waals surface area contributed by atoms with Crippen molar-refractivity contribution in [1.29, 1.82) is 0 Å². The van der Waals surface area contributed by atoms with Gasteiger partial charge in [-0.05, 0) is 87.1 Å². The van der Waals surface area contributed by atoms with Gasteiger partial charge in [-0.3, -0.25) is 85.6 Å². The van der Waals surface area contributed by atoms with Crippen LogP contribution in [-0.4, -0.2) is 63.8 Å². The Morgan fingerprint density at radius 2 is 0.457 bits per heavy atom. The van der Waals surface area contributed by atoms with Crippen molar-refractivity contribution >= 4 is 77.5 Å². The number of benzene rings is 4. The van der Waals surface area contributed by atoms with Crippen molar-refractivity contribution in [3.05, 3.63) is 154 Å². The molecule has 0 N–H and O–H groups in total. The van der Waals surface area contributed by atoms with Crippen LogP contribution in [0.5, 0.6) is 0 Å². The van der Waals surface area contributed by atoms with Crippen LogP contribution in [0.4, 0.5) is 0 Å². The average Bonchev–Trinajstić information content (AvgIpc) is 3.96. The zero-order valence-electron chi connectivity index (χ0n) is 37.2. The molecular formula is C52H38N6O12. The second-order valence-electron chi connectivity index (χ2n) is 20.1. The summed E-state index contributed by atoms with van der Waals surface area (Å²) in [5.74, 6) is -2.94. The maximum Gasteiger partial charge on any atom is 0.261 e. The lowest BCUT2D eigenvalue weighted by molar-refractivity contribution is 0.0411. The highest BCUT2D eigenvalue weighted by Gasteiger charge is 2.48. The first kappa shape index (κ1) is 41.0. The molecule has 70 heavy (non-hydrogen) atoms. The third-order valence-electron chi connectivity index (χ3n) is 16.9. The number of hydrogen-bond acceptors (Lipinski definition) is 12. The van der Waals surface area contributed by atoms with Crippen LogP contribution in [0.15, 0.2) is 86.9 Å². The molecule has 0 spiro atoms. The maximum absolute atomic E-state index is 14.8. The first-order chi connectivity index (χ1) is 33.8. The van der Waals surface area contributed by atoms with Gasteiger partial charge in [-0.15, -0.1) is 0 Å². The quantitative estimate of drug-likeness (QED) is 0.199. The Morgan fingerprint density at radius 3 is 0.671 bits per heavy atom. The molecule has 8 aromatic rings. The number of imide groups is 2. The molecule has 4 aromatic carbocycles. The van der Waals surface area contributed by atoms with Gasteiger partial charge in [-0.25, -0.2) is 0 Å². The third-order valence-corrected chi connectivity index (χ3v) is 16.9. The van der Waals surface area contributed by atoms with Gasteiger partial charge in [-0.1, -0.05) is 38.5 Å². The lowest BCUT2D eigenvalue weighted by Crippen LogP contribution is -2.54. The highest BCUT2D eigenvalue weighted by Crippen LogP contribution is 2.44. The molecule has 18 nitrogen and oxygen atoms in total. The van der Waals surface area contributed by atoms with Crippen molar-refractivity contribution in [1.82, 2.24) is 28.1 Å². The van der Waals surface area contributed by atoms with Crippen molar-refractivity contribution in [3.63, 3.8) is 0 Å². The minimum absolute atomic E-state index is 0.0378. The first-order valence-corrected chi connectivity index (χ1v) is 24.0. The van der Waals surface area contributed by atoms with Gasteiger partial charge in [0.25, 0.3) is 68.1 Å². The van der Waals surface area contributed by atoms with Gasteiger partial charge < -0.3 is 0 Å². The molecule has 348 valence electrons. The molecule has 25 rings (SSSR count). The Morgan fingerprint density at radius 1 is 0.271 bits per heavy atom. The zero-order chi connectivity index (χ0) is 48.1. The number of carbonyl (C=O) groups excluding carboxylic acids is 4. The van der Waals surface area contributed by atoms with E-state index in [1.165, 1.54) is 48.5 Å². The largest absolute Gasteiger partial charge is 0.269 e. The number of amides is 4. The minimum atomic E-state index is -1.00. The van der Waals surface area contributed by atoms with Gasteiger partial charge in [0.1, 0.15) is 0 Å². The van der Waals surface area contributed by atoms with Crippen LogP contribution in [0.2, 0.25) is 0 Å². The fourth-order valence-electron chi connectivity index (χ4n) is 13.8. The molecule has 18 heteroatoms. The molecule has 4 aromatic heterocycles. The highest BCUT2D eigenvalue weighted by molar-refractivity contribution is 6.33. The number of carbonyl (C=O) groups is 4. The minimum Gasteiger partial charge on any atom is -0.269 e. The van der Waals surface area contributed by atoms with E-state index in [0.29, 0.717) is 38.5 Å². The summed E-state index contributed by atoms with van der Waals surface area (Å²) < 4.78 is 4.06. The van der Waals surface area contributed by atoms with Crippen LogP contribution < -0.4 is 44.5 Å². The number of nitrogens with zero attached hydrogens (tertiary/aromatic N) is 6. The Labute approximate surface area is 390 Å². The summed E-state index contributed by atoms with van der Waals surface area (Å²) in [5, 5.41) is -0.866. The molecule has 0 saturated heterocycles. The Kier molecular flexibility index (Phi) is 8.10. The van der Waals surface area contributed by atoms with Crippen molar-refractivity contribution < 1.29 is 19.2 Å². The first-order valence-electron chi connectivity index (χ1n) is 24.0. The highest BCUT2D eigenvalue weighted by atomic mass is 16.2. The zero-order valence-corrected chi connectivity index (χ0v) is 37.2. The second-order valence-corrected chi connectivity index (χ2v) is 20.1. The molecule has 18 heterocycles. The molecule has 3 fully saturated rings. The molecule has 4 amide bonds. The molecule has 20 bridgehead atoms. The van der Waals surface area contributed by atoms with Crippen LogP contribution in [-0.2, 0) is 0 Å². The number of rotatable bonds is 0. The van der Waals surface area contributed by atoms with Crippen molar-refractivity contribution in [2.24, 2.45) is 0 Å². The molecule has 0 radical (unpaired) electrons. The van der Waals surface area contributed by atoms with Crippen LogP contribution in [0.3, 0.4) is 0 Å². The van der Waals surface area contributed by atoms with E-state index in [2.05, 4.69) is 0 Å². The summed E-state index contributed by atoms with van der Waals surface area (Å²) in [4.78, 5) is 178. The van der Waals surface area contributed by atoms with Crippen molar-refractivity contribution in [3.8, 4) is 0 Å². The summed E-state index contributed by atoms with van der Waals surface area (Å²) in [5.41, 5.74) is -5.99. The van der Waals surface area contributed by atoms with Crippen LogP contribution in [0.25, 0.3) is 53.9 Å². The third kappa shape index (κ3) is 4.87. The smallest absolute Gasteiger partial charge is 0.261 e. The van der Waals surface area contributed by atoms with E-state index in [4.69, 9.17) is 0 Å². The van der Waals surface area contributed by atoms with Gasteiger partial charge in [0, 0.05) is 33.0 Å². The molecule has 1 unspecified atom stereocenters. The van der Waals surface area contributed by atoms with E-state index in [1.807, 2.05) is 0 Å². The molecule has 3 saturated carbocycles. The van der Waals surface area contributed by atoms with E-state index >= 15 is 0 Å². The van der Waals surface area contributed by atoms with E-state index < -0.39 is 104 Å². The Hall–Kier alpha value is -8.02. The fourth-order valence-corrected chi connectivity index (χ4v) is 13.8. The molecule has 17 aliphatic rings. The van der Waals surface area contributed by atoms with E-state index in [9.17, 15) is 57.5 Å². The van der Waals surface area contributed by atoms with E-state index in [1.54, 1.807) is 0 Å². The number of hydrogen-bond donors (Lipinski definition) is 0. The Balaban J connectivity index is 1.04. The molecule has 3 aliphatic carbocycles. The van der Waals surface area contributed by atoms with Gasteiger partial charge in [0.2, 0.25) is 0 Å². The van der Waals surface area contributed by atoms with Crippen LogP contribution in [0.1, 0.15) is 143 Å². The number of aromatic nitrogens is 4. The van der Waals surface area contributed by atoms with E-state index in [0.717, 1.165) is 28.1 Å². The molecule has 6 atom stereocenters. The summed E-state index contributed by atoms with van der Waals surface area (Å²) in [6.45, 7) is 0. The predicted octanol–water partition coefficient (Wildman–Crippen LogP) is 3.52. The standard InChI is InChI=1S/C52H38N6O12/c59-41-21-13-15-23-40-24-16-14-22(39(21)40)42(60)53(41)33-7-1-3-9-35(33)55-45(63)25-17-29-30(18-26(25)46(55)64)50(68)57(49(29)67)37-11-5-6-12-38(37)58-51(69)31-19-27-28(20-32(31)52(58)70)48(66)56(47(27)65)36-10-4-2-8-34(36)54(43(23)61)44(24)62/h13-20,33-38H,1-12H2/t33-,34-,35-,36?,37-,38-/m1/s1. The molecule has 14 aliphatic heterocycles. The monoisotopic (exact) mass is 938 g/mol. The average molecular weight is 939 g/mol. The van der Waals surface area contributed by atoms with Gasteiger partial charge in [0.05, 0.1) is 79.3 Å². The lowest BCUT2D eigenvalue weighted by Gasteiger charge is -2.42. The van der Waals surface area contributed by atoms with E-state index in [-0.39, 0.29) is 115 Å². The van der Waals surface area contributed by atoms with Gasteiger partial charge in [0.15, 0.2) is 0 Å². The Bertz CT molecular complexity index is 3820. The van der Waals surface area contributed by atoms with Crippen LogP contribution >= 0.6 is 0 Å². The van der Waals surface area contributed by atoms with Crippen LogP contribution in [0, 0.1) is 0 Å². The van der Waals surface area contributed by atoms with Crippen molar-refractivity contribution in [2.75, 3.05) is 0 Å². The SMILES string of the molecule is O=C1c2ccc3c4c5ccc(c24)C(=O)N1[C@@H]1CCCCC1n1c(=O)c2cc4c(=O)n(c(=O)c4cc2c1=O)[C@@H]1CCCC[C@H]1n1c(=O)c2cc4c(=O)n(c(=O)c4cc2c1=O)[C@@H]1CCCC[C@H]1N(C3=O)C5=O.